The molecule has 0 bridgehead atoms. The van der Waals surface area contributed by atoms with Gasteiger partial charge >= 0.3 is 5.97 Å². The maximum Gasteiger partial charge on any atom is 0.337 e. The Morgan fingerprint density at radius 1 is 1.05 bits per heavy atom. The van der Waals surface area contributed by atoms with E-state index in [1.54, 1.807) is 24.3 Å². The summed E-state index contributed by atoms with van der Waals surface area (Å²) in [4.78, 5) is 23.2. The van der Waals surface area contributed by atoms with Crippen LogP contribution in [0.3, 0.4) is 0 Å². The zero-order chi connectivity index (χ0) is 15.9. The molecule has 2 aromatic carbocycles. The molecular weight excluding hydrogens is 280 g/mol. The van der Waals surface area contributed by atoms with Crippen LogP contribution in [0, 0.1) is 6.92 Å². The predicted octanol–water partition coefficient (Wildman–Crippen LogP) is 2.83. The van der Waals surface area contributed by atoms with Gasteiger partial charge in [0.2, 0.25) is 5.91 Å². The van der Waals surface area contributed by atoms with Gasteiger partial charge < -0.3 is 15.4 Å². The number of carbonyl (C=O) groups is 2. The molecule has 22 heavy (non-hydrogen) atoms. The lowest BCUT2D eigenvalue weighted by molar-refractivity contribution is -0.114. The van der Waals surface area contributed by atoms with Gasteiger partial charge in [0.1, 0.15) is 0 Å². The first-order chi connectivity index (χ1) is 10.6. The molecule has 114 valence electrons. The van der Waals surface area contributed by atoms with Crippen molar-refractivity contribution in [1.29, 1.82) is 0 Å². The number of hydrogen-bond acceptors (Lipinski definition) is 4. The molecule has 5 nitrogen and oxygen atoms in total. The summed E-state index contributed by atoms with van der Waals surface area (Å²) in [5.41, 5.74) is 3.10. The molecule has 5 heteroatoms. The van der Waals surface area contributed by atoms with E-state index in [4.69, 9.17) is 0 Å². The largest absolute Gasteiger partial charge is 0.465 e. The van der Waals surface area contributed by atoms with E-state index in [1.165, 1.54) is 7.11 Å². The van der Waals surface area contributed by atoms with Crippen LogP contribution < -0.4 is 10.6 Å². The summed E-state index contributed by atoms with van der Waals surface area (Å²) in [5.74, 6) is -0.564. The number of nitrogens with one attached hydrogen (secondary N) is 2. The second-order valence-corrected chi connectivity index (χ2v) is 4.84. The number of amides is 1. The summed E-state index contributed by atoms with van der Waals surface area (Å²) < 4.78 is 4.62. The van der Waals surface area contributed by atoms with E-state index >= 15 is 0 Å². The van der Waals surface area contributed by atoms with Crippen molar-refractivity contribution in [3.63, 3.8) is 0 Å². The molecule has 0 aliphatic heterocycles. The van der Waals surface area contributed by atoms with E-state index in [-0.39, 0.29) is 12.5 Å². The average Bonchev–Trinajstić information content (AvgIpc) is 2.53. The zero-order valence-electron chi connectivity index (χ0n) is 12.6. The van der Waals surface area contributed by atoms with Crippen LogP contribution in [0.5, 0.6) is 0 Å². The van der Waals surface area contributed by atoms with Crippen molar-refractivity contribution in [3.05, 3.63) is 59.7 Å². The van der Waals surface area contributed by atoms with E-state index in [0.717, 1.165) is 11.3 Å². The van der Waals surface area contributed by atoms with Crippen molar-refractivity contribution < 1.29 is 14.3 Å². The van der Waals surface area contributed by atoms with E-state index in [9.17, 15) is 9.59 Å². The lowest BCUT2D eigenvalue weighted by atomic mass is 10.2. The Labute approximate surface area is 129 Å². The molecule has 2 rings (SSSR count). The first kappa shape index (κ1) is 15.6. The molecule has 0 aromatic heterocycles. The number of carbonyl (C=O) groups excluding carboxylic acids is 2. The number of ether oxygens (including phenoxy) is 1. The van der Waals surface area contributed by atoms with Crippen molar-refractivity contribution in [1.82, 2.24) is 0 Å². The predicted molar refractivity (Wildman–Crippen MR) is 86.1 cm³/mol. The van der Waals surface area contributed by atoms with Gasteiger partial charge in [-0.3, -0.25) is 4.79 Å². The number of methoxy groups -OCH3 is 1. The maximum absolute atomic E-state index is 11.9. The highest BCUT2D eigenvalue weighted by Crippen LogP contribution is 2.11. The number of aryl methyl sites for hydroxylation is 1. The van der Waals surface area contributed by atoms with Gasteiger partial charge in [-0.1, -0.05) is 12.1 Å². The van der Waals surface area contributed by atoms with Crippen LogP contribution in [0.1, 0.15) is 15.9 Å². The van der Waals surface area contributed by atoms with Gasteiger partial charge in [0.05, 0.1) is 19.2 Å². The highest BCUT2D eigenvalue weighted by Gasteiger charge is 2.06. The van der Waals surface area contributed by atoms with Crippen LogP contribution in [-0.4, -0.2) is 25.5 Å². The molecule has 1 amide bonds. The summed E-state index contributed by atoms with van der Waals surface area (Å²) >= 11 is 0. The molecular formula is C17H18N2O3. The molecule has 0 heterocycles. The third kappa shape index (κ3) is 4.34. The lowest BCUT2D eigenvalue weighted by Crippen LogP contribution is -2.21. The number of esters is 1. The van der Waals surface area contributed by atoms with Crippen LogP contribution in [0.25, 0.3) is 0 Å². The standard InChI is InChI=1S/C17H18N2O3/c1-12-4-3-5-15(10-12)18-11-16(20)19-14-8-6-13(7-9-14)17(21)22-2/h3-10,18H,11H2,1-2H3,(H,19,20). The quantitative estimate of drug-likeness (QED) is 0.833. The van der Waals surface area contributed by atoms with Crippen molar-refractivity contribution in [2.45, 2.75) is 6.92 Å². The van der Waals surface area contributed by atoms with Crippen LogP contribution in [0.4, 0.5) is 11.4 Å². The summed E-state index contributed by atoms with van der Waals surface area (Å²) in [7, 11) is 1.33. The molecule has 0 saturated heterocycles. The van der Waals surface area contributed by atoms with Gasteiger partial charge in [-0.2, -0.15) is 0 Å². The molecule has 2 N–H and O–H groups in total. The first-order valence-electron chi connectivity index (χ1n) is 6.87. The molecule has 0 unspecified atom stereocenters. The highest BCUT2D eigenvalue weighted by atomic mass is 16.5. The lowest BCUT2D eigenvalue weighted by Gasteiger charge is -2.08. The fourth-order valence-corrected chi connectivity index (χ4v) is 1.95. The maximum atomic E-state index is 11.9. The zero-order valence-corrected chi connectivity index (χ0v) is 12.6. The smallest absolute Gasteiger partial charge is 0.337 e. The van der Waals surface area contributed by atoms with Crippen LogP contribution >= 0.6 is 0 Å². The number of benzene rings is 2. The Morgan fingerprint density at radius 3 is 2.41 bits per heavy atom. The molecule has 2 aromatic rings. The van der Waals surface area contributed by atoms with Crippen LogP contribution in [-0.2, 0) is 9.53 Å². The third-order valence-corrected chi connectivity index (χ3v) is 3.06. The van der Waals surface area contributed by atoms with E-state index < -0.39 is 5.97 Å². The summed E-state index contributed by atoms with van der Waals surface area (Å²) in [5, 5.41) is 5.82. The Kier molecular flexibility index (Phi) is 5.14. The summed E-state index contributed by atoms with van der Waals surface area (Å²) in [6.07, 6.45) is 0. The van der Waals surface area contributed by atoms with E-state index in [0.29, 0.717) is 11.3 Å². The SMILES string of the molecule is COC(=O)c1ccc(NC(=O)CNc2cccc(C)c2)cc1. The summed E-state index contributed by atoms with van der Waals surface area (Å²) in [6, 6.07) is 14.3. The fraction of sp³-hybridized carbons (Fsp3) is 0.176. The van der Waals surface area contributed by atoms with Crippen molar-refractivity contribution in [2.75, 3.05) is 24.3 Å². The number of hydrogen-bond donors (Lipinski definition) is 2. The molecule has 0 aliphatic rings. The van der Waals surface area contributed by atoms with Gasteiger partial charge in [-0.25, -0.2) is 4.79 Å². The van der Waals surface area contributed by atoms with Gasteiger partial charge in [0.15, 0.2) is 0 Å². The first-order valence-corrected chi connectivity index (χ1v) is 6.87. The number of rotatable bonds is 5. The second kappa shape index (κ2) is 7.26. The number of anilines is 2. The highest BCUT2D eigenvalue weighted by molar-refractivity contribution is 5.95. The van der Waals surface area contributed by atoms with E-state index in [1.807, 2.05) is 31.2 Å². The van der Waals surface area contributed by atoms with Gasteiger partial charge in [-0.15, -0.1) is 0 Å². The topological polar surface area (TPSA) is 67.4 Å². The van der Waals surface area contributed by atoms with Gasteiger partial charge in [0.25, 0.3) is 0 Å². The Hall–Kier alpha value is -2.82. The van der Waals surface area contributed by atoms with Crippen LogP contribution in [0.15, 0.2) is 48.5 Å². The molecule has 0 saturated carbocycles. The third-order valence-electron chi connectivity index (χ3n) is 3.06. The molecule has 0 atom stereocenters. The fourth-order valence-electron chi connectivity index (χ4n) is 1.95. The monoisotopic (exact) mass is 298 g/mol. The Morgan fingerprint density at radius 2 is 1.77 bits per heavy atom. The Balaban J connectivity index is 1.88. The molecule has 0 aliphatic carbocycles. The minimum absolute atomic E-state index is 0.160. The van der Waals surface area contributed by atoms with Crippen molar-refractivity contribution >= 4 is 23.3 Å². The Bertz CT molecular complexity index is 666. The van der Waals surface area contributed by atoms with Crippen LogP contribution in [0.2, 0.25) is 0 Å². The van der Waals surface area contributed by atoms with E-state index in [2.05, 4.69) is 15.4 Å². The molecule has 0 radical (unpaired) electrons. The molecule has 0 fully saturated rings. The molecule has 0 spiro atoms. The van der Waals surface area contributed by atoms with Crippen molar-refractivity contribution in [2.24, 2.45) is 0 Å². The summed E-state index contributed by atoms with van der Waals surface area (Å²) in [6.45, 7) is 2.16. The van der Waals surface area contributed by atoms with Crippen molar-refractivity contribution in [3.8, 4) is 0 Å². The van der Waals surface area contributed by atoms with Gasteiger partial charge in [0, 0.05) is 11.4 Å². The second-order valence-electron chi connectivity index (χ2n) is 4.84. The average molecular weight is 298 g/mol. The minimum atomic E-state index is -0.404. The normalized spacial score (nSPS) is 9.91. The minimum Gasteiger partial charge on any atom is -0.465 e. The van der Waals surface area contributed by atoms with Gasteiger partial charge in [-0.05, 0) is 48.9 Å².